The summed E-state index contributed by atoms with van der Waals surface area (Å²) >= 11 is 0. The number of hydrogen-bond donors (Lipinski definition) is 4. The summed E-state index contributed by atoms with van der Waals surface area (Å²) < 4.78 is 48.4. The molecule has 0 amide bonds. The Kier molecular flexibility index (Phi) is 14.2. The largest absolute Gasteiger partial charge is 0.510 e. The van der Waals surface area contributed by atoms with Gasteiger partial charge < -0.3 is 34.9 Å². The highest BCUT2D eigenvalue weighted by atomic mass is 31.2. The quantitative estimate of drug-likeness (QED) is 0.0867. The number of hydrogen-bond acceptors (Lipinski definition) is 15. The number of esters is 1. The summed E-state index contributed by atoms with van der Waals surface area (Å²) in [5.41, 5.74) is 0.430. The molecule has 0 radical (unpaired) electrons. The van der Waals surface area contributed by atoms with Crippen LogP contribution in [-0.4, -0.2) is 87.1 Å². The number of anilines is 1. The van der Waals surface area contributed by atoms with Crippen LogP contribution in [0.4, 0.5) is 10.6 Å². The van der Waals surface area contributed by atoms with Gasteiger partial charge in [0.25, 0.3) is 0 Å². The van der Waals surface area contributed by atoms with Gasteiger partial charge in [0.1, 0.15) is 24.0 Å². The molecule has 0 aliphatic carbocycles. The van der Waals surface area contributed by atoms with Crippen LogP contribution in [0, 0.1) is 39.9 Å². The lowest BCUT2D eigenvalue weighted by Gasteiger charge is -2.42. The average molecular weight is 783 g/mol. The minimum Gasteiger partial charge on any atom is -0.481 e. The summed E-state index contributed by atoms with van der Waals surface area (Å²) in [6.45, 7) is 12.0. The fraction of sp³-hybridized carbons (Fsp3) is 0.676. The number of nitrogens with two attached hydrogens (primary N) is 1. The lowest BCUT2D eigenvalue weighted by molar-refractivity contribution is -0.161. The Morgan fingerprint density at radius 2 is 1.70 bits per heavy atom. The monoisotopic (exact) mass is 782 g/mol. The van der Waals surface area contributed by atoms with Crippen molar-refractivity contribution < 1.29 is 62.0 Å². The fourth-order valence-electron chi connectivity index (χ4n) is 6.50. The number of fused-ring (bicyclic) bond motifs is 1. The van der Waals surface area contributed by atoms with E-state index in [0.29, 0.717) is 0 Å². The number of carbonyl (C=O) groups excluding carboxylic acids is 2. The van der Waals surface area contributed by atoms with Crippen molar-refractivity contribution in [3.05, 3.63) is 24.2 Å². The Morgan fingerprint density at radius 1 is 1.07 bits per heavy atom. The van der Waals surface area contributed by atoms with E-state index in [-0.39, 0.29) is 29.6 Å². The highest BCUT2D eigenvalue weighted by molar-refractivity contribution is 7.51. The van der Waals surface area contributed by atoms with E-state index in [1.165, 1.54) is 51.3 Å². The van der Waals surface area contributed by atoms with Gasteiger partial charge in [-0.3, -0.25) is 23.4 Å². The number of aromatic nitrogens is 3. The number of carboxylic acid groups (broad SMARTS) is 2. The first-order chi connectivity index (χ1) is 25.1. The van der Waals surface area contributed by atoms with Gasteiger partial charge in [0, 0.05) is 11.8 Å². The minimum absolute atomic E-state index is 0.0190. The molecule has 1 unspecified atom stereocenters. The maximum absolute atomic E-state index is 14.3. The van der Waals surface area contributed by atoms with Crippen LogP contribution in [0.5, 0.6) is 0 Å². The number of carboxylic acids is 2. The number of nitriles is 1. The van der Waals surface area contributed by atoms with E-state index in [0.717, 1.165) is 19.2 Å². The molecule has 20 heteroatoms. The second-order valence-electron chi connectivity index (χ2n) is 14.5. The molecule has 0 bridgehead atoms. The molecular weight excluding hydrogens is 731 g/mol. The number of nitrogens with one attached hydrogen (secondary N) is 1. The maximum Gasteiger partial charge on any atom is 0.510 e. The fourth-order valence-corrected chi connectivity index (χ4v) is 7.84. The number of nitrogens with zero attached hydrogens (tertiary/aromatic N) is 4. The molecule has 2 aromatic heterocycles. The molecule has 1 aliphatic rings. The molecule has 0 saturated carbocycles. The van der Waals surface area contributed by atoms with Gasteiger partial charge >= 0.3 is 31.8 Å². The third kappa shape index (κ3) is 9.29. The van der Waals surface area contributed by atoms with Gasteiger partial charge in [-0.2, -0.15) is 10.4 Å². The van der Waals surface area contributed by atoms with E-state index < -0.39 is 91.7 Å². The third-order valence-corrected chi connectivity index (χ3v) is 11.4. The summed E-state index contributed by atoms with van der Waals surface area (Å²) in [7, 11) is -4.72. The van der Waals surface area contributed by atoms with Crippen molar-refractivity contribution in [1.29, 1.82) is 5.26 Å². The molecule has 5 N–H and O–H groups in total. The molecule has 19 nitrogen and oxygen atoms in total. The number of nitrogen functional groups attached to an aromatic ring is 1. The van der Waals surface area contributed by atoms with Crippen molar-refractivity contribution in [3.8, 4) is 6.07 Å². The van der Waals surface area contributed by atoms with Crippen molar-refractivity contribution in [2.24, 2.45) is 28.6 Å². The van der Waals surface area contributed by atoms with Crippen molar-refractivity contribution in [1.82, 2.24) is 19.7 Å². The second kappa shape index (κ2) is 17.4. The molecular formula is C34H51N6O13P. The van der Waals surface area contributed by atoms with Crippen LogP contribution in [0.15, 0.2) is 18.5 Å². The lowest BCUT2D eigenvalue weighted by atomic mass is 9.57. The number of carbonyl (C=O) groups is 4. The highest BCUT2D eigenvalue weighted by Crippen LogP contribution is 2.60. The van der Waals surface area contributed by atoms with Crippen LogP contribution < -0.4 is 10.8 Å². The third-order valence-electron chi connectivity index (χ3n) is 9.74. The zero-order valence-electron chi connectivity index (χ0n) is 31.9. The van der Waals surface area contributed by atoms with Gasteiger partial charge in [0.05, 0.1) is 41.9 Å². The van der Waals surface area contributed by atoms with Crippen LogP contribution in [-0.2, 0) is 52.5 Å². The van der Waals surface area contributed by atoms with Crippen molar-refractivity contribution in [3.63, 3.8) is 0 Å². The summed E-state index contributed by atoms with van der Waals surface area (Å²) in [6.07, 6.45) is -0.569. The molecule has 1 aliphatic heterocycles. The normalized spacial score (nSPS) is 22.1. The first-order valence-corrected chi connectivity index (χ1v) is 19.0. The molecule has 0 aromatic carbocycles. The standard InChI is InChI=1S/C34H51N6O13P/c1-10-21(11-2)14-48-28(41)20(5)39-54(47,51-18-49-31(46)52-19(3)4)50-15-23-25(32(6,7)29(42)43)26(33(8,9)30(44)45)34(16-35,53-23)24-13-12-22-27(36)37-17-38-40(22)24/h12-13,17,19-21,23,25-26H,10-11,14-15,18H2,1-9H3,(H,39,47)(H,42,43)(H,44,45)(H2,36,37,38)/t20-,23-,25+,26+,34-,54?/m0/s1. The van der Waals surface area contributed by atoms with E-state index >= 15 is 0 Å². The first-order valence-electron chi connectivity index (χ1n) is 17.4. The van der Waals surface area contributed by atoms with Crippen molar-refractivity contribution >= 4 is 43.1 Å². The number of ether oxygens (including phenoxy) is 4. The zero-order chi connectivity index (χ0) is 40.8. The smallest absolute Gasteiger partial charge is 0.481 e. The van der Waals surface area contributed by atoms with Crippen molar-refractivity contribution in [2.75, 3.05) is 25.7 Å². The highest BCUT2D eigenvalue weighted by Gasteiger charge is 2.68. The Labute approximate surface area is 313 Å². The van der Waals surface area contributed by atoms with Gasteiger partial charge in [0.2, 0.25) is 12.4 Å². The minimum atomic E-state index is -4.72. The summed E-state index contributed by atoms with van der Waals surface area (Å²) in [6, 6.07) is 3.74. The molecule has 300 valence electrons. The van der Waals surface area contributed by atoms with Crippen LogP contribution in [0.3, 0.4) is 0 Å². The maximum atomic E-state index is 14.3. The molecule has 6 atom stereocenters. The first kappa shape index (κ1) is 44.1. The number of rotatable bonds is 19. The van der Waals surface area contributed by atoms with Crippen molar-refractivity contribution in [2.45, 2.75) is 99.0 Å². The Bertz CT molecular complexity index is 1770. The summed E-state index contributed by atoms with van der Waals surface area (Å²) in [5.74, 6) is -6.21. The van der Waals surface area contributed by atoms with Gasteiger partial charge in [0.15, 0.2) is 5.82 Å². The summed E-state index contributed by atoms with van der Waals surface area (Å²) in [5, 5.41) is 38.7. The van der Waals surface area contributed by atoms with E-state index in [1.54, 1.807) is 13.8 Å². The molecule has 0 spiro atoms. The average Bonchev–Trinajstić information content (AvgIpc) is 3.69. The van der Waals surface area contributed by atoms with Crippen LogP contribution >= 0.6 is 7.75 Å². The van der Waals surface area contributed by atoms with Gasteiger partial charge in [-0.1, -0.05) is 26.7 Å². The molecule has 3 rings (SSSR count). The number of aliphatic carboxylic acids is 2. The van der Waals surface area contributed by atoms with E-state index in [2.05, 4.69) is 21.2 Å². The van der Waals surface area contributed by atoms with Crippen LogP contribution in [0.25, 0.3) is 5.52 Å². The van der Waals surface area contributed by atoms with Gasteiger partial charge in [-0.15, -0.1) is 0 Å². The van der Waals surface area contributed by atoms with E-state index in [4.69, 9.17) is 33.7 Å². The Hall–Kier alpha value is -4.34. The van der Waals surface area contributed by atoms with Crippen LogP contribution in [0.2, 0.25) is 0 Å². The molecule has 3 heterocycles. The molecule has 2 aromatic rings. The topological polar surface area (TPSA) is 273 Å². The molecule has 1 saturated heterocycles. The Balaban J connectivity index is 2.12. The predicted molar refractivity (Wildman–Crippen MR) is 189 cm³/mol. The molecule has 54 heavy (non-hydrogen) atoms. The van der Waals surface area contributed by atoms with Crippen LogP contribution in [0.1, 0.15) is 80.8 Å². The lowest BCUT2D eigenvalue weighted by Crippen LogP contribution is -2.51. The van der Waals surface area contributed by atoms with E-state index in [1.807, 2.05) is 13.8 Å². The van der Waals surface area contributed by atoms with Gasteiger partial charge in [-0.05, 0) is 66.5 Å². The zero-order valence-corrected chi connectivity index (χ0v) is 32.8. The summed E-state index contributed by atoms with van der Waals surface area (Å²) in [4.78, 5) is 54.9. The SMILES string of the molecule is CCC(CC)COC(=O)[C@H](C)NP(=O)(OCOC(=O)OC(C)C)OC[C@@H]1O[C@@](C#N)(c2ccc3c(N)ncnn23)[C@@H](C(C)(C)C(=O)O)[C@@H]1C(C)(C)C(=O)O. The van der Waals surface area contributed by atoms with E-state index in [9.17, 15) is 39.2 Å². The van der Waals surface area contributed by atoms with Gasteiger partial charge in [-0.25, -0.2) is 23.9 Å². The second-order valence-corrected chi connectivity index (χ2v) is 16.3. The molecule has 1 fully saturated rings. The Morgan fingerprint density at radius 3 is 2.26 bits per heavy atom. The predicted octanol–water partition coefficient (Wildman–Crippen LogP) is 4.50.